The van der Waals surface area contributed by atoms with Crippen LogP contribution in [0.1, 0.15) is 44.4 Å². The van der Waals surface area contributed by atoms with Crippen LogP contribution in [-0.4, -0.2) is 41.9 Å². The summed E-state index contributed by atoms with van der Waals surface area (Å²) in [5.41, 5.74) is 1.43. The summed E-state index contributed by atoms with van der Waals surface area (Å²) < 4.78 is 32.6. The van der Waals surface area contributed by atoms with Gasteiger partial charge in [0, 0.05) is 42.6 Å². The molecule has 1 aromatic carbocycles. The Morgan fingerprint density at radius 1 is 1.19 bits per heavy atom. The Kier molecular flexibility index (Phi) is 7.02. The molecular weight excluding hydrogens is 448 g/mol. The van der Waals surface area contributed by atoms with E-state index in [0.717, 1.165) is 31.2 Å². The third-order valence-corrected chi connectivity index (χ3v) is 8.32. The maximum Gasteiger partial charge on any atom is 0.243 e. The van der Waals surface area contributed by atoms with Gasteiger partial charge in [-0.1, -0.05) is 24.4 Å². The van der Waals surface area contributed by atoms with E-state index in [9.17, 15) is 13.2 Å². The summed E-state index contributed by atoms with van der Waals surface area (Å²) in [4.78, 5) is 16.8. The van der Waals surface area contributed by atoms with Crippen molar-refractivity contribution in [2.45, 2.75) is 55.9 Å². The Morgan fingerprint density at radius 3 is 2.62 bits per heavy atom. The molecule has 0 aliphatic heterocycles. The molecule has 0 spiro atoms. The van der Waals surface area contributed by atoms with E-state index in [1.54, 1.807) is 30.5 Å². The zero-order chi connectivity index (χ0) is 22.6. The van der Waals surface area contributed by atoms with Gasteiger partial charge < -0.3 is 9.84 Å². The number of thiophene rings is 1. The monoisotopic (exact) mass is 474 g/mol. The van der Waals surface area contributed by atoms with Gasteiger partial charge in [-0.2, -0.15) is 20.6 Å². The van der Waals surface area contributed by atoms with Crippen molar-refractivity contribution >= 4 is 33.0 Å². The summed E-state index contributed by atoms with van der Waals surface area (Å²) in [5, 5.41) is 10.6. The number of rotatable bonds is 8. The van der Waals surface area contributed by atoms with Crippen LogP contribution in [0.15, 0.2) is 50.5 Å². The molecule has 0 saturated heterocycles. The van der Waals surface area contributed by atoms with Gasteiger partial charge in [0.05, 0.1) is 4.90 Å². The van der Waals surface area contributed by atoms with Gasteiger partial charge in [-0.25, -0.2) is 8.42 Å². The van der Waals surface area contributed by atoms with Crippen LogP contribution >= 0.6 is 11.3 Å². The van der Waals surface area contributed by atoms with Crippen molar-refractivity contribution in [1.29, 1.82) is 0 Å². The second-order valence-electron chi connectivity index (χ2n) is 7.91. The number of anilines is 1. The number of hydrogen-bond acceptors (Lipinski definition) is 7. The average molecular weight is 475 g/mol. The van der Waals surface area contributed by atoms with Gasteiger partial charge in [0.1, 0.15) is 0 Å². The van der Waals surface area contributed by atoms with Crippen LogP contribution in [0.5, 0.6) is 0 Å². The molecular formula is C22H26N4O4S2. The van der Waals surface area contributed by atoms with Crippen molar-refractivity contribution in [3.8, 4) is 11.4 Å². The molecule has 0 unspecified atom stereocenters. The summed E-state index contributed by atoms with van der Waals surface area (Å²) in [6, 6.07) is 8.26. The Balaban J connectivity index is 1.31. The lowest BCUT2D eigenvalue weighted by Gasteiger charge is -2.30. The van der Waals surface area contributed by atoms with E-state index in [1.165, 1.54) is 22.9 Å². The average Bonchev–Trinajstić information content (AvgIpc) is 3.50. The summed E-state index contributed by atoms with van der Waals surface area (Å²) in [7, 11) is -1.90. The quantitative estimate of drug-likeness (QED) is 0.521. The molecule has 1 N–H and O–H groups in total. The predicted octanol–water partition coefficient (Wildman–Crippen LogP) is 4.32. The van der Waals surface area contributed by atoms with E-state index in [0.29, 0.717) is 23.8 Å². The van der Waals surface area contributed by atoms with E-state index >= 15 is 0 Å². The molecule has 1 saturated carbocycles. The molecule has 1 aliphatic rings. The topological polar surface area (TPSA) is 105 Å². The predicted molar refractivity (Wildman–Crippen MR) is 123 cm³/mol. The lowest BCUT2D eigenvalue weighted by molar-refractivity contribution is -0.116. The molecule has 1 amide bonds. The first-order chi connectivity index (χ1) is 15.4. The van der Waals surface area contributed by atoms with Crippen molar-refractivity contribution in [2.75, 3.05) is 12.4 Å². The Labute approximate surface area is 191 Å². The van der Waals surface area contributed by atoms with Crippen LogP contribution < -0.4 is 5.32 Å². The second-order valence-corrected chi connectivity index (χ2v) is 10.7. The summed E-state index contributed by atoms with van der Waals surface area (Å²) >= 11 is 1.55. The molecule has 3 aromatic rings. The van der Waals surface area contributed by atoms with Crippen LogP contribution in [0.25, 0.3) is 11.4 Å². The van der Waals surface area contributed by atoms with Gasteiger partial charge in [0.25, 0.3) is 0 Å². The molecule has 4 rings (SSSR count). The molecule has 0 radical (unpaired) electrons. The maximum absolute atomic E-state index is 12.9. The van der Waals surface area contributed by atoms with E-state index < -0.39 is 10.0 Å². The molecule has 2 aromatic heterocycles. The number of carbonyl (C=O) groups excluding carboxylic acids is 1. The largest absolute Gasteiger partial charge is 0.339 e. The summed E-state index contributed by atoms with van der Waals surface area (Å²) in [6.45, 7) is 0. The minimum absolute atomic E-state index is 0.0538. The number of amides is 1. The van der Waals surface area contributed by atoms with Crippen LogP contribution in [0.2, 0.25) is 0 Å². The zero-order valence-electron chi connectivity index (χ0n) is 17.9. The van der Waals surface area contributed by atoms with Crippen molar-refractivity contribution < 1.29 is 17.7 Å². The Bertz CT molecular complexity index is 1140. The van der Waals surface area contributed by atoms with E-state index in [4.69, 9.17) is 4.52 Å². The first kappa shape index (κ1) is 22.6. The molecule has 32 heavy (non-hydrogen) atoms. The van der Waals surface area contributed by atoms with E-state index in [2.05, 4.69) is 15.5 Å². The SMILES string of the molecule is CN(C1CCCCC1)S(=O)(=O)c1ccc(NC(=O)CCc2nc(-c3ccsc3)no2)cc1. The van der Waals surface area contributed by atoms with Gasteiger partial charge in [0.15, 0.2) is 0 Å². The van der Waals surface area contributed by atoms with Crippen LogP contribution in [0.4, 0.5) is 5.69 Å². The number of aromatic nitrogens is 2. The second kappa shape index (κ2) is 9.93. The lowest BCUT2D eigenvalue weighted by atomic mass is 9.96. The van der Waals surface area contributed by atoms with Crippen LogP contribution in [0, 0.1) is 0 Å². The van der Waals surface area contributed by atoms with Crippen molar-refractivity contribution in [2.24, 2.45) is 0 Å². The van der Waals surface area contributed by atoms with Gasteiger partial charge in [-0.3, -0.25) is 4.79 Å². The minimum atomic E-state index is -3.55. The Morgan fingerprint density at radius 2 is 1.94 bits per heavy atom. The van der Waals surface area contributed by atoms with Crippen molar-refractivity contribution in [3.05, 3.63) is 47.0 Å². The Hall–Kier alpha value is -2.56. The highest BCUT2D eigenvalue weighted by molar-refractivity contribution is 7.89. The number of nitrogens with one attached hydrogen (secondary N) is 1. The molecule has 10 heteroatoms. The highest BCUT2D eigenvalue weighted by Crippen LogP contribution is 2.27. The first-order valence-corrected chi connectivity index (χ1v) is 13.0. The van der Waals surface area contributed by atoms with Gasteiger partial charge in [-0.05, 0) is 48.6 Å². The number of nitrogens with zero attached hydrogens (tertiary/aromatic N) is 3. The number of aryl methyl sites for hydroxylation is 1. The smallest absolute Gasteiger partial charge is 0.243 e. The molecule has 2 heterocycles. The fourth-order valence-corrected chi connectivity index (χ4v) is 5.88. The summed E-state index contributed by atoms with van der Waals surface area (Å²) in [5.74, 6) is 0.695. The maximum atomic E-state index is 12.9. The first-order valence-electron chi connectivity index (χ1n) is 10.7. The van der Waals surface area contributed by atoms with E-state index in [-0.39, 0.29) is 23.3 Å². The number of hydrogen-bond donors (Lipinski definition) is 1. The summed E-state index contributed by atoms with van der Waals surface area (Å²) in [6.07, 6.45) is 5.60. The van der Waals surface area contributed by atoms with Gasteiger partial charge in [0.2, 0.25) is 27.6 Å². The van der Waals surface area contributed by atoms with E-state index in [1.807, 2.05) is 16.8 Å². The standard InChI is InChI=1S/C22H26N4O4S2/c1-26(18-5-3-2-4-6-18)32(28,29)19-9-7-17(8-10-19)23-20(27)11-12-21-24-22(25-30-21)16-13-14-31-15-16/h7-10,13-15,18H,2-6,11-12H2,1H3,(H,23,27). The lowest BCUT2D eigenvalue weighted by Crippen LogP contribution is -2.38. The molecule has 0 atom stereocenters. The molecule has 8 nitrogen and oxygen atoms in total. The minimum Gasteiger partial charge on any atom is -0.339 e. The van der Waals surface area contributed by atoms with Crippen molar-refractivity contribution in [1.82, 2.24) is 14.4 Å². The normalized spacial score (nSPS) is 15.2. The number of sulfonamides is 1. The number of carbonyl (C=O) groups is 1. The molecule has 0 bridgehead atoms. The third kappa shape index (κ3) is 5.25. The fourth-order valence-electron chi connectivity index (χ4n) is 3.83. The van der Waals surface area contributed by atoms with Crippen LogP contribution in [-0.2, 0) is 21.2 Å². The molecule has 170 valence electrons. The van der Waals surface area contributed by atoms with Crippen molar-refractivity contribution in [3.63, 3.8) is 0 Å². The fraction of sp³-hybridized carbons (Fsp3) is 0.409. The number of benzene rings is 1. The van der Waals surface area contributed by atoms with Gasteiger partial charge >= 0.3 is 0 Å². The third-order valence-electron chi connectivity index (χ3n) is 5.72. The van der Waals surface area contributed by atoms with Crippen LogP contribution in [0.3, 0.4) is 0 Å². The highest BCUT2D eigenvalue weighted by Gasteiger charge is 2.28. The zero-order valence-corrected chi connectivity index (χ0v) is 19.5. The van der Waals surface area contributed by atoms with Gasteiger partial charge in [-0.15, -0.1) is 0 Å². The molecule has 1 aliphatic carbocycles. The highest BCUT2D eigenvalue weighted by atomic mass is 32.2. The molecule has 1 fully saturated rings.